The fourth-order valence-corrected chi connectivity index (χ4v) is 4.22. The number of rotatable bonds is 4. The monoisotopic (exact) mass is 360 g/mol. The van der Waals surface area contributed by atoms with Gasteiger partial charge in [-0.1, -0.05) is 0 Å². The molecule has 0 bridgehead atoms. The van der Waals surface area contributed by atoms with E-state index < -0.39 is 12.0 Å². The molecule has 3 heterocycles. The Bertz CT molecular complexity index is 713. The summed E-state index contributed by atoms with van der Waals surface area (Å²) >= 11 is 0. The summed E-state index contributed by atoms with van der Waals surface area (Å²) < 4.78 is 5.16. The summed E-state index contributed by atoms with van der Waals surface area (Å²) in [6.07, 6.45) is 5.70. The van der Waals surface area contributed by atoms with Crippen molar-refractivity contribution in [2.24, 2.45) is 11.3 Å². The van der Waals surface area contributed by atoms with Crippen LogP contribution in [0.4, 0.5) is 5.95 Å². The lowest BCUT2D eigenvalue weighted by atomic mass is 9.76. The van der Waals surface area contributed by atoms with Gasteiger partial charge in [-0.05, 0) is 37.5 Å². The number of aliphatic carboxylic acids is 1. The second kappa shape index (κ2) is 6.41. The first-order valence-corrected chi connectivity index (χ1v) is 9.17. The van der Waals surface area contributed by atoms with Crippen LogP contribution in [0, 0.1) is 11.3 Å². The number of ether oxygens (including phenoxy) is 1. The third-order valence-corrected chi connectivity index (χ3v) is 5.94. The van der Waals surface area contributed by atoms with Gasteiger partial charge in [-0.3, -0.25) is 4.79 Å². The van der Waals surface area contributed by atoms with E-state index in [0.29, 0.717) is 24.8 Å². The Labute approximate surface area is 152 Å². The van der Waals surface area contributed by atoms with Gasteiger partial charge in [0.05, 0.1) is 7.11 Å². The van der Waals surface area contributed by atoms with Crippen molar-refractivity contribution in [3.63, 3.8) is 0 Å². The van der Waals surface area contributed by atoms with Crippen molar-refractivity contribution in [3.05, 3.63) is 12.3 Å². The van der Waals surface area contributed by atoms with E-state index in [9.17, 15) is 14.7 Å². The maximum atomic E-state index is 12.5. The topological polar surface area (TPSA) is 95.9 Å². The second-order valence-electron chi connectivity index (χ2n) is 7.68. The molecule has 1 aromatic heterocycles. The Hall–Kier alpha value is -2.38. The summed E-state index contributed by atoms with van der Waals surface area (Å²) in [7, 11) is 1.58. The van der Waals surface area contributed by atoms with Crippen LogP contribution >= 0.6 is 0 Å². The van der Waals surface area contributed by atoms with E-state index >= 15 is 0 Å². The number of likely N-dealkylation sites (tertiary alicyclic amines) is 1. The van der Waals surface area contributed by atoms with Gasteiger partial charge in [-0.15, -0.1) is 0 Å². The molecule has 2 saturated heterocycles. The lowest BCUT2D eigenvalue weighted by molar-refractivity contribution is -0.148. The zero-order valence-electron chi connectivity index (χ0n) is 14.9. The van der Waals surface area contributed by atoms with Crippen molar-refractivity contribution >= 4 is 17.8 Å². The number of hydrogen-bond donors (Lipinski definition) is 1. The van der Waals surface area contributed by atoms with Gasteiger partial charge in [0.15, 0.2) is 0 Å². The summed E-state index contributed by atoms with van der Waals surface area (Å²) in [5.74, 6) is 0.376. The molecule has 3 fully saturated rings. The summed E-state index contributed by atoms with van der Waals surface area (Å²) in [6.45, 7) is 2.07. The van der Waals surface area contributed by atoms with Crippen LogP contribution in [0.3, 0.4) is 0 Å². The van der Waals surface area contributed by atoms with Crippen molar-refractivity contribution in [1.82, 2.24) is 14.9 Å². The third kappa shape index (κ3) is 3.08. The molecule has 3 aliphatic rings. The Morgan fingerprint density at radius 3 is 2.65 bits per heavy atom. The second-order valence-corrected chi connectivity index (χ2v) is 7.68. The molecular weight excluding hydrogens is 336 g/mol. The molecule has 1 amide bonds. The molecule has 1 saturated carbocycles. The Morgan fingerprint density at radius 2 is 2.04 bits per heavy atom. The van der Waals surface area contributed by atoms with Crippen LogP contribution in [0.1, 0.15) is 32.1 Å². The minimum atomic E-state index is -0.880. The lowest BCUT2D eigenvalue weighted by Crippen LogP contribution is -2.43. The van der Waals surface area contributed by atoms with Gasteiger partial charge < -0.3 is 19.6 Å². The summed E-state index contributed by atoms with van der Waals surface area (Å²) in [4.78, 5) is 36.7. The number of anilines is 1. The minimum Gasteiger partial charge on any atom is -0.481 e. The first-order chi connectivity index (χ1) is 12.5. The first-order valence-electron chi connectivity index (χ1n) is 9.17. The van der Waals surface area contributed by atoms with Crippen molar-refractivity contribution < 1.29 is 19.4 Å². The summed E-state index contributed by atoms with van der Waals surface area (Å²) in [5, 5.41) is 9.60. The highest BCUT2D eigenvalue weighted by Gasteiger charge is 2.51. The molecule has 8 nitrogen and oxygen atoms in total. The first kappa shape index (κ1) is 17.1. The standard InChI is InChI=1S/C18H24N4O4/c1-26-14-4-7-19-17(20-14)21-8-5-18(6-9-21)10-13(16(24)25)22(11-18)15(23)12-2-3-12/h4,7,12-13H,2-3,5-6,8-11H2,1H3,(H,24,25)/t13-/m0/s1. The van der Waals surface area contributed by atoms with Gasteiger partial charge in [0.1, 0.15) is 6.04 Å². The molecule has 1 spiro atoms. The minimum absolute atomic E-state index is 0.0350. The number of aromatic nitrogens is 2. The Kier molecular flexibility index (Phi) is 4.20. The molecule has 0 radical (unpaired) electrons. The number of nitrogens with zero attached hydrogens (tertiary/aromatic N) is 4. The third-order valence-electron chi connectivity index (χ3n) is 5.94. The zero-order valence-corrected chi connectivity index (χ0v) is 14.9. The zero-order chi connectivity index (χ0) is 18.3. The number of amides is 1. The fourth-order valence-electron chi connectivity index (χ4n) is 4.22. The molecule has 1 N–H and O–H groups in total. The van der Waals surface area contributed by atoms with Crippen LogP contribution in [0.2, 0.25) is 0 Å². The van der Waals surface area contributed by atoms with Crippen molar-refractivity contribution in [1.29, 1.82) is 0 Å². The molecule has 0 unspecified atom stereocenters. The number of carbonyl (C=O) groups excluding carboxylic acids is 1. The van der Waals surface area contributed by atoms with Crippen LogP contribution in [-0.4, -0.2) is 64.6 Å². The Morgan fingerprint density at radius 1 is 1.31 bits per heavy atom. The highest BCUT2D eigenvalue weighted by atomic mass is 16.5. The molecule has 140 valence electrons. The highest BCUT2D eigenvalue weighted by Crippen LogP contribution is 2.45. The Balaban J connectivity index is 1.45. The lowest BCUT2D eigenvalue weighted by Gasteiger charge is -2.39. The summed E-state index contributed by atoms with van der Waals surface area (Å²) in [5.41, 5.74) is -0.108. The largest absolute Gasteiger partial charge is 0.481 e. The predicted octanol–water partition coefficient (Wildman–Crippen LogP) is 1.17. The predicted molar refractivity (Wildman–Crippen MR) is 92.9 cm³/mol. The van der Waals surface area contributed by atoms with Crippen LogP contribution in [-0.2, 0) is 9.59 Å². The van der Waals surface area contributed by atoms with Crippen LogP contribution in [0.25, 0.3) is 0 Å². The number of hydrogen-bond acceptors (Lipinski definition) is 6. The van der Waals surface area contributed by atoms with Crippen molar-refractivity contribution in [2.45, 2.75) is 38.1 Å². The number of piperidine rings is 1. The van der Waals surface area contributed by atoms with E-state index in [1.807, 2.05) is 0 Å². The molecule has 1 atom stereocenters. The van der Waals surface area contributed by atoms with Crippen molar-refractivity contribution in [2.75, 3.05) is 31.6 Å². The van der Waals surface area contributed by atoms with Crippen LogP contribution in [0.5, 0.6) is 5.88 Å². The van der Waals surface area contributed by atoms with E-state index in [2.05, 4.69) is 14.9 Å². The van der Waals surface area contributed by atoms with E-state index in [1.165, 1.54) is 0 Å². The normalized spacial score (nSPS) is 24.7. The number of carboxylic acid groups (broad SMARTS) is 1. The molecule has 1 aliphatic carbocycles. The quantitative estimate of drug-likeness (QED) is 0.861. The molecule has 4 rings (SSSR count). The summed E-state index contributed by atoms with van der Waals surface area (Å²) in [6, 6.07) is 1.03. The number of methoxy groups -OCH3 is 1. The SMILES string of the molecule is COc1ccnc(N2CCC3(CC2)C[C@@H](C(=O)O)N(C(=O)C2CC2)C3)n1. The van der Waals surface area contributed by atoms with Gasteiger partial charge in [-0.2, -0.15) is 4.98 Å². The van der Waals surface area contributed by atoms with Crippen LogP contribution < -0.4 is 9.64 Å². The molecular formula is C18H24N4O4. The van der Waals surface area contributed by atoms with Crippen LogP contribution in [0.15, 0.2) is 12.3 Å². The molecule has 0 aromatic carbocycles. The van der Waals surface area contributed by atoms with E-state index in [1.54, 1.807) is 24.3 Å². The maximum Gasteiger partial charge on any atom is 0.326 e. The van der Waals surface area contributed by atoms with Gasteiger partial charge in [-0.25, -0.2) is 9.78 Å². The molecule has 8 heteroatoms. The maximum absolute atomic E-state index is 12.5. The van der Waals surface area contributed by atoms with Gasteiger partial charge in [0, 0.05) is 37.8 Å². The smallest absolute Gasteiger partial charge is 0.326 e. The van der Waals surface area contributed by atoms with Gasteiger partial charge in [0.25, 0.3) is 0 Å². The number of carboxylic acids is 1. The highest BCUT2D eigenvalue weighted by molar-refractivity contribution is 5.87. The average molecular weight is 360 g/mol. The van der Waals surface area contributed by atoms with Crippen molar-refractivity contribution in [3.8, 4) is 5.88 Å². The van der Waals surface area contributed by atoms with Gasteiger partial charge in [0.2, 0.25) is 17.7 Å². The average Bonchev–Trinajstić information content (AvgIpc) is 3.44. The molecule has 1 aromatic rings. The van der Waals surface area contributed by atoms with E-state index in [4.69, 9.17) is 4.74 Å². The van der Waals surface area contributed by atoms with E-state index in [-0.39, 0.29) is 17.2 Å². The fraction of sp³-hybridized carbons (Fsp3) is 0.667. The van der Waals surface area contributed by atoms with E-state index in [0.717, 1.165) is 38.8 Å². The molecule has 2 aliphatic heterocycles. The molecule has 26 heavy (non-hydrogen) atoms. The number of carbonyl (C=O) groups is 2. The van der Waals surface area contributed by atoms with Gasteiger partial charge >= 0.3 is 5.97 Å².